The normalized spacial score (nSPS) is 14.1. The number of carbonyl (C=O) groups is 4. The maximum atomic E-state index is 12.6. The first-order chi connectivity index (χ1) is 12.7. The number of carbonyl (C=O) groups excluding carboxylic acids is 4. The predicted molar refractivity (Wildman–Crippen MR) is 113 cm³/mol. The lowest BCUT2D eigenvalue weighted by molar-refractivity contribution is -0.132. The molecule has 156 valence electrons. The lowest BCUT2D eigenvalue weighted by Gasteiger charge is -2.24. The Hall–Kier alpha value is -1.22. The fraction of sp³-hybridized carbons (Fsp3) is 0.778. The van der Waals surface area contributed by atoms with Gasteiger partial charge in [-0.15, -0.1) is 0 Å². The zero-order valence-corrected chi connectivity index (χ0v) is 18.5. The average Bonchev–Trinajstić information content (AvgIpc) is 2.60. The van der Waals surface area contributed by atoms with Crippen LogP contribution in [0, 0.1) is 5.92 Å². The van der Waals surface area contributed by atoms with E-state index in [1.165, 1.54) is 6.92 Å². The number of hydrogen-bond donors (Lipinski definition) is 3. The van der Waals surface area contributed by atoms with Crippen molar-refractivity contribution in [2.24, 2.45) is 5.92 Å². The van der Waals surface area contributed by atoms with Crippen LogP contribution in [0.1, 0.15) is 40.0 Å². The summed E-state index contributed by atoms with van der Waals surface area (Å²) in [6.07, 6.45) is 6.04. The Kier molecular flexibility index (Phi) is 14.1. The van der Waals surface area contributed by atoms with Crippen molar-refractivity contribution in [3.05, 3.63) is 0 Å². The molecule has 0 aliphatic carbocycles. The summed E-state index contributed by atoms with van der Waals surface area (Å²) < 4.78 is 0. The van der Waals surface area contributed by atoms with Gasteiger partial charge in [0.2, 0.25) is 17.7 Å². The molecule has 3 N–H and O–H groups in total. The Morgan fingerprint density at radius 2 is 1.44 bits per heavy atom. The van der Waals surface area contributed by atoms with Crippen molar-refractivity contribution in [3.63, 3.8) is 0 Å². The third kappa shape index (κ3) is 12.0. The van der Waals surface area contributed by atoms with Crippen LogP contribution < -0.4 is 16.0 Å². The first kappa shape index (κ1) is 25.8. The predicted octanol–water partition coefficient (Wildman–Crippen LogP) is 1.21. The van der Waals surface area contributed by atoms with E-state index in [-0.39, 0.29) is 23.6 Å². The van der Waals surface area contributed by atoms with Gasteiger partial charge in [0.1, 0.15) is 18.4 Å². The molecule has 0 bridgehead atoms. The fourth-order valence-corrected chi connectivity index (χ4v) is 3.39. The van der Waals surface area contributed by atoms with E-state index in [0.717, 1.165) is 12.0 Å². The van der Waals surface area contributed by atoms with Crippen molar-refractivity contribution >= 4 is 47.5 Å². The molecule has 0 saturated heterocycles. The van der Waals surface area contributed by atoms with Gasteiger partial charge in [0, 0.05) is 6.92 Å². The zero-order chi connectivity index (χ0) is 20.8. The highest BCUT2D eigenvalue weighted by Crippen LogP contribution is 2.08. The molecule has 0 fully saturated rings. The second kappa shape index (κ2) is 14.8. The summed E-state index contributed by atoms with van der Waals surface area (Å²) in [4.78, 5) is 47.8. The van der Waals surface area contributed by atoms with Crippen molar-refractivity contribution < 1.29 is 19.2 Å². The number of rotatable bonds is 14. The molecule has 0 aromatic rings. The highest BCUT2D eigenvalue weighted by molar-refractivity contribution is 7.98. The van der Waals surface area contributed by atoms with E-state index in [4.69, 9.17) is 0 Å². The molecule has 9 heteroatoms. The highest BCUT2D eigenvalue weighted by Gasteiger charge is 2.27. The van der Waals surface area contributed by atoms with E-state index < -0.39 is 18.1 Å². The lowest BCUT2D eigenvalue weighted by Crippen LogP contribution is -2.55. The summed E-state index contributed by atoms with van der Waals surface area (Å²) in [5.41, 5.74) is 0. The molecule has 0 spiro atoms. The third-order valence-electron chi connectivity index (χ3n) is 3.77. The van der Waals surface area contributed by atoms with Gasteiger partial charge in [-0.1, -0.05) is 13.8 Å². The summed E-state index contributed by atoms with van der Waals surface area (Å²) in [6.45, 7) is 5.28. The lowest BCUT2D eigenvalue weighted by atomic mass is 10.0. The van der Waals surface area contributed by atoms with Crippen LogP contribution in [-0.2, 0) is 19.2 Å². The SMILES string of the molecule is CSCC[C@@H](C=O)NC(=O)[C@H](CCSC)NC(=O)[C@H](CC(C)C)NC(C)=O. The van der Waals surface area contributed by atoms with Crippen LogP contribution in [-0.4, -0.2) is 66.2 Å². The average molecular weight is 420 g/mol. The van der Waals surface area contributed by atoms with Gasteiger partial charge in [-0.2, -0.15) is 23.5 Å². The number of hydrogen-bond acceptors (Lipinski definition) is 6. The number of aldehydes is 1. The molecule has 7 nitrogen and oxygen atoms in total. The van der Waals surface area contributed by atoms with E-state index in [9.17, 15) is 19.2 Å². The maximum Gasteiger partial charge on any atom is 0.243 e. The highest BCUT2D eigenvalue weighted by atomic mass is 32.2. The van der Waals surface area contributed by atoms with Gasteiger partial charge in [-0.3, -0.25) is 14.4 Å². The molecule has 3 atom stereocenters. The molecule has 0 heterocycles. The van der Waals surface area contributed by atoms with Crippen LogP contribution in [0.4, 0.5) is 0 Å². The molecular formula is C18H33N3O4S2. The third-order valence-corrected chi connectivity index (χ3v) is 5.06. The molecule has 0 aliphatic heterocycles. The van der Waals surface area contributed by atoms with E-state index >= 15 is 0 Å². The molecular weight excluding hydrogens is 386 g/mol. The largest absolute Gasteiger partial charge is 0.345 e. The van der Waals surface area contributed by atoms with Crippen molar-refractivity contribution in [2.45, 2.75) is 58.2 Å². The van der Waals surface area contributed by atoms with Gasteiger partial charge < -0.3 is 20.7 Å². The minimum absolute atomic E-state index is 0.206. The van der Waals surface area contributed by atoms with Gasteiger partial charge >= 0.3 is 0 Å². The van der Waals surface area contributed by atoms with Crippen molar-refractivity contribution in [1.82, 2.24) is 16.0 Å². The van der Waals surface area contributed by atoms with Gasteiger partial charge in [0.25, 0.3) is 0 Å². The minimum Gasteiger partial charge on any atom is -0.345 e. The van der Waals surface area contributed by atoms with Crippen LogP contribution in [0.2, 0.25) is 0 Å². The van der Waals surface area contributed by atoms with Crippen molar-refractivity contribution in [1.29, 1.82) is 0 Å². The molecule has 0 aromatic carbocycles. The number of thioether (sulfide) groups is 2. The minimum atomic E-state index is -0.745. The molecule has 0 aromatic heterocycles. The molecule has 0 rings (SSSR count). The van der Waals surface area contributed by atoms with E-state index in [2.05, 4.69) is 16.0 Å². The van der Waals surface area contributed by atoms with Gasteiger partial charge in [-0.25, -0.2) is 0 Å². The smallest absolute Gasteiger partial charge is 0.243 e. The fourth-order valence-electron chi connectivity index (χ4n) is 2.43. The van der Waals surface area contributed by atoms with Gasteiger partial charge in [0.15, 0.2) is 0 Å². The number of nitrogens with one attached hydrogen (secondary N) is 3. The Bertz CT molecular complexity index is 489. The molecule has 3 amide bonds. The molecule has 0 saturated carbocycles. The maximum absolute atomic E-state index is 12.6. The Morgan fingerprint density at radius 3 is 1.93 bits per heavy atom. The van der Waals surface area contributed by atoms with E-state index in [1.54, 1.807) is 23.5 Å². The van der Waals surface area contributed by atoms with Crippen LogP contribution in [0.15, 0.2) is 0 Å². The first-order valence-corrected chi connectivity index (χ1v) is 11.8. The van der Waals surface area contributed by atoms with Crippen LogP contribution >= 0.6 is 23.5 Å². The van der Waals surface area contributed by atoms with Crippen molar-refractivity contribution in [2.75, 3.05) is 24.0 Å². The molecule has 0 aliphatic rings. The molecule has 0 unspecified atom stereocenters. The Labute approximate surface area is 170 Å². The summed E-state index contributed by atoms with van der Waals surface area (Å²) >= 11 is 3.17. The monoisotopic (exact) mass is 419 g/mol. The quantitative estimate of drug-likeness (QED) is 0.366. The van der Waals surface area contributed by atoms with Crippen molar-refractivity contribution in [3.8, 4) is 0 Å². The van der Waals surface area contributed by atoms with Crippen LogP contribution in [0.5, 0.6) is 0 Å². The molecule has 0 radical (unpaired) electrons. The first-order valence-electron chi connectivity index (χ1n) is 9.06. The Morgan fingerprint density at radius 1 is 0.889 bits per heavy atom. The van der Waals surface area contributed by atoms with E-state index in [0.29, 0.717) is 25.0 Å². The molecule has 27 heavy (non-hydrogen) atoms. The summed E-state index contributed by atoms with van der Waals surface area (Å²) in [5.74, 6) is 0.596. The second-order valence-corrected chi connectivity index (χ2v) is 8.73. The number of amides is 3. The van der Waals surface area contributed by atoms with Gasteiger partial charge in [0.05, 0.1) is 6.04 Å². The second-order valence-electron chi connectivity index (χ2n) is 6.76. The Balaban J connectivity index is 5.07. The van der Waals surface area contributed by atoms with Gasteiger partial charge in [-0.05, 0) is 49.2 Å². The van der Waals surface area contributed by atoms with E-state index in [1.807, 2.05) is 26.4 Å². The standard InChI is InChI=1S/C18H33N3O4S2/c1-12(2)10-16(19-13(3)23)18(25)21-15(7-9-27-5)17(24)20-14(11-22)6-8-26-4/h11-12,14-16H,6-10H2,1-5H3,(H,19,23)(H,20,24)(H,21,25)/t14-,15-,16-/m0/s1. The van der Waals surface area contributed by atoms with Crippen LogP contribution in [0.3, 0.4) is 0 Å². The summed E-state index contributed by atoms with van der Waals surface area (Å²) in [7, 11) is 0. The summed E-state index contributed by atoms with van der Waals surface area (Å²) in [6, 6.07) is -2.00. The topological polar surface area (TPSA) is 104 Å². The zero-order valence-electron chi connectivity index (χ0n) is 16.9. The summed E-state index contributed by atoms with van der Waals surface area (Å²) in [5, 5.41) is 8.10. The van der Waals surface area contributed by atoms with Crippen LogP contribution in [0.25, 0.3) is 0 Å².